The minimum absolute atomic E-state index is 0.383. The zero-order valence-corrected chi connectivity index (χ0v) is 13.8. The fraction of sp³-hybridized carbons (Fsp3) is 0. The number of H-pyrrole nitrogens is 1. The highest BCUT2D eigenvalue weighted by Gasteiger charge is 2.28. The minimum atomic E-state index is -0.383. The van der Waals surface area contributed by atoms with Crippen LogP contribution in [0, 0.1) is 0 Å². The van der Waals surface area contributed by atoms with Crippen LogP contribution in [0.25, 0.3) is 38.7 Å². The molecule has 0 aliphatic rings. The van der Waals surface area contributed by atoms with E-state index < -0.39 is 0 Å². The van der Waals surface area contributed by atoms with E-state index in [1.165, 1.54) is 0 Å². The van der Waals surface area contributed by atoms with Crippen LogP contribution in [0.5, 0.6) is 0 Å². The average molecular weight is 339 g/mol. The van der Waals surface area contributed by atoms with Crippen LogP contribution in [0.4, 0.5) is 0 Å². The number of hydrogen-bond donors (Lipinski definition) is 1. The molecule has 2 aromatic heterocycles. The summed E-state index contributed by atoms with van der Waals surface area (Å²) in [5.74, 6) is 0. The molecule has 0 bridgehead atoms. The van der Waals surface area contributed by atoms with Crippen LogP contribution < -0.4 is 10.1 Å². The summed E-state index contributed by atoms with van der Waals surface area (Å²) >= 11 is 0. The van der Waals surface area contributed by atoms with E-state index in [4.69, 9.17) is 4.52 Å². The summed E-state index contributed by atoms with van der Waals surface area (Å²) in [5.41, 5.74) is 4.95. The van der Waals surface area contributed by atoms with Crippen molar-refractivity contribution in [3.05, 3.63) is 95.3 Å². The molecule has 0 saturated carbocycles. The molecule has 0 amide bonds. The molecular formula is C22H15N2O2+. The number of para-hydroxylation sites is 1. The lowest BCUT2D eigenvalue weighted by Gasteiger charge is -2.11. The SMILES string of the molecule is O=c1o[nH][n+]2c1c(-c1ccccc1)c(-c1ccccc1)c1ccccc12. The fourth-order valence-electron chi connectivity index (χ4n) is 3.58. The molecular weight excluding hydrogens is 324 g/mol. The smallest absolute Gasteiger partial charge is 0.282 e. The number of hydrogen-bond acceptors (Lipinski definition) is 2. The molecule has 0 unspecified atom stereocenters. The van der Waals surface area contributed by atoms with Crippen molar-refractivity contribution in [2.45, 2.75) is 0 Å². The number of aromatic amines is 1. The van der Waals surface area contributed by atoms with Crippen LogP contribution in [0.2, 0.25) is 0 Å². The Morgan fingerprint density at radius 2 is 1.27 bits per heavy atom. The lowest BCUT2D eigenvalue weighted by molar-refractivity contribution is -0.567. The highest BCUT2D eigenvalue weighted by atomic mass is 16.5. The van der Waals surface area contributed by atoms with Gasteiger partial charge in [-0.2, -0.15) is 0 Å². The first-order valence-corrected chi connectivity index (χ1v) is 8.43. The zero-order valence-electron chi connectivity index (χ0n) is 13.8. The number of rotatable bonds is 2. The summed E-state index contributed by atoms with van der Waals surface area (Å²) in [6, 6.07) is 28.1. The van der Waals surface area contributed by atoms with Crippen LogP contribution in [0.15, 0.2) is 94.2 Å². The Balaban J connectivity index is 2.09. The van der Waals surface area contributed by atoms with Gasteiger partial charge in [-0.05, 0) is 27.0 Å². The molecule has 0 atom stereocenters. The first-order chi connectivity index (χ1) is 12.8. The second-order valence-corrected chi connectivity index (χ2v) is 6.16. The largest absolute Gasteiger partial charge is 0.435 e. The zero-order chi connectivity index (χ0) is 17.5. The van der Waals surface area contributed by atoms with Crippen LogP contribution in [-0.2, 0) is 0 Å². The second-order valence-electron chi connectivity index (χ2n) is 6.16. The summed E-state index contributed by atoms with van der Waals surface area (Å²) in [5, 5.41) is 3.80. The van der Waals surface area contributed by atoms with Gasteiger partial charge in [0.2, 0.25) is 5.52 Å². The molecule has 0 saturated heterocycles. The van der Waals surface area contributed by atoms with Gasteiger partial charge in [0.05, 0.1) is 10.9 Å². The number of aromatic nitrogens is 2. The lowest BCUT2D eigenvalue weighted by atomic mass is 9.91. The molecule has 0 fully saturated rings. The molecule has 4 heteroatoms. The Hall–Kier alpha value is -3.66. The molecule has 0 spiro atoms. The van der Waals surface area contributed by atoms with Gasteiger partial charge in [-0.3, -0.25) is 4.52 Å². The van der Waals surface area contributed by atoms with Crippen LogP contribution >= 0.6 is 0 Å². The van der Waals surface area contributed by atoms with Crippen molar-refractivity contribution in [1.29, 1.82) is 0 Å². The normalized spacial score (nSPS) is 11.2. The first-order valence-electron chi connectivity index (χ1n) is 8.43. The van der Waals surface area contributed by atoms with E-state index in [1.54, 1.807) is 4.52 Å². The van der Waals surface area contributed by atoms with E-state index in [9.17, 15) is 4.79 Å². The number of pyridine rings is 1. The van der Waals surface area contributed by atoms with E-state index in [0.717, 1.165) is 33.2 Å². The summed E-state index contributed by atoms with van der Waals surface area (Å²) < 4.78 is 6.89. The van der Waals surface area contributed by atoms with E-state index in [1.807, 2.05) is 66.7 Å². The molecule has 0 aliphatic carbocycles. The van der Waals surface area contributed by atoms with Gasteiger partial charge in [0.1, 0.15) is 0 Å². The first kappa shape index (κ1) is 14.7. The Labute approximate surface area is 148 Å². The van der Waals surface area contributed by atoms with Gasteiger partial charge in [0.25, 0.3) is 0 Å². The van der Waals surface area contributed by atoms with Crippen molar-refractivity contribution in [3.63, 3.8) is 0 Å². The van der Waals surface area contributed by atoms with E-state index in [2.05, 4.69) is 23.5 Å². The highest BCUT2D eigenvalue weighted by Crippen LogP contribution is 2.38. The van der Waals surface area contributed by atoms with Gasteiger partial charge in [0.15, 0.2) is 0 Å². The highest BCUT2D eigenvalue weighted by molar-refractivity contribution is 6.05. The lowest BCUT2D eigenvalue weighted by Crippen LogP contribution is -2.27. The Morgan fingerprint density at radius 1 is 0.692 bits per heavy atom. The van der Waals surface area contributed by atoms with Crippen molar-refractivity contribution in [1.82, 2.24) is 5.27 Å². The van der Waals surface area contributed by atoms with Gasteiger partial charge in [-0.25, -0.2) is 4.79 Å². The summed E-state index contributed by atoms with van der Waals surface area (Å²) in [7, 11) is 0. The number of fused-ring (bicyclic) bond motifs is 3. The monoisotopic (exact) mass is 339 g/mol. The molecule has 5 rings (SSSR count). The van der Waals surface area contributed by atoms with Gasteiger partial charge in [-0.15, -0.1) is 0 Å². The van der Waals surface area contributed by atoms with Gasteiger partial charge in [-0.1, -0.05) is 72.8 Å². The topological polar surface area (TPSA) is 50.1 Å². The quantitative estimate of drug-likeness (QED) is 0.490. The van der Waals surface area contributed by atoms with Crippen LogP contribution in [0.1, 0.15) is 0 Å². The van der Waals surface area contributed by atoms with Crippen molar-refractivity contribution < 1.29 is 9.04 Å². The van der Waals surface area contributed by atoms with Crippen molar-refractivity contribution in [2.75, 3.05) is 0 Å². The van der Waals surface area contributed by atoms with Gasteiger partial charge < -0.3 is 0 Å². The Bertz CT molecular complexity index is 1290. The molecule has 0 radical (unpaired) electrons. The third-order valence-electron chi connectivity index (χ3n) is 4.67. The predicted octanol–water partition coefficient (Wildman–Crippen LogP) is 4.19. The number of nitrogens with zero attached hydrogens (tertiary/aromatic N) is 1. The van der Waals surface area contributed by atoms with Crippen molar-refractivity contribution in [3.8, 4) is 22.3 Å². The van der Waals surface area contributed by atoms with E-state index in [0.29, 0.717) is 5.52 Å². The molecule has 2 heterocycles. The summed E-state index contributed by atoms with van der Waals surface area (Å²) in [6.45, 7) is 0. The van der Waals surface area contributed by atoms with E-state index >= 15 is 0 Å². The van der Waals surface area contributed by atoms with Gasteiger partial charge >= 0.3 is 11.1 Å². The fourth-order valence-corrected chi connectivity index (χ4v) is 3.58. The summed E-state index contributed by atoms with van der Waals surface area (Å²) in [6.07, 6.45) is 0. The molecule has 0 aliphatic heterocycles. The van der Waals surface area contributed by atoms with Crippen molar-refractivity contribution in [2.24, 2.45) is 0 Å². The minimum Gasteiger partial charge on any atom is -0.282 e. The molecule has 3 aromatic carbocycles. The molecule has 124 valence electrons. The predicted molar refractivity (Wildman–Crippen MR) is 101 cm³/mol. The third kappa shape index (κ3) is 2.09. The van der Waals surface area contributed by atoms with Crippen LogP contribution in [0.3, 0.4) is 0 Å². The standard InChI is InChI=1S/C22H14N2O2/c25-22-21-20(16-11-5-2-6-12-16)19(15-9-3-1-4-10-15)17-13-7-8-14-18(17)24(21)23-26-22/h1-14H/p+1. The average Bonchev–Trinajstić information content (AvgIpc) is 3.10. The Morgan fingerprint density at radius 3 is 1.96 bits per heavy atom. The third-order valence-corrected chi connectivity index (χ3v) is 4.67. The van der Waals surface area contributed by atoms with Gasteiger partial charge in [0, 0.05) is 11.6 Å². The molecule has 4 nitrogen and oxygen atoms in total. The van der Waals surface area contributed by atoms with Crippen molar-refractivity contribution >= 4 is 16.4 Å². The molecule has 26 heavy (non-hydrogen) atoms. The maximum Gasteiger partial charge on any atom is 0.435 e. The summed E-state index contributed by atoms with van der Waals surface area (Å²) in [4.78, 5) is 12.6. The van der Waals surface area contributed by atoms with E-state index in [-0.39, 0.29) is 5.63 Å². The number of nitrogens with one attached hydrogen (secondary N) is 1. The molecule has 1 N–H and O–H groups in total. The Kier molecular flexibility index (Phi) is 3.22. The second kappa shape index (κ2) is 5.70. The van der Waals surface area contributed by atoms with Crippen LogP contribution in [-0.4, -0.2) is 5.27 Å². The number of benzene rings is 3. The maximum absolute atomic E-state index is 12.6. The maximum atomic E-state index is 12.6. The molecule has 5 aromatic rings.